The summed E-state index contributed by atoms with van der Waals surface area (Å²) in [6.07, 6.45) is 3.27. The van der Waals surface area contributed by atoms with Crippen LogP contribution in [0.4, 0.5) is 0 Å². The lowest BCUT2D eigenvalue weighted by molar-refractivity contribution is -0.360. The van der Waals surface area contributed by atoms with Crippen LogP contribution < -0.4 is 0 Å². The van der Waals surface area contributed by atoms with Gasteiger partial charge in [0.05, 0.1) is 6.61 Å². The quantitative estimate of drug-likeness (QED) is 0.0393. The molecule has 0 aromatic rings. The average molecular weight is 953 g/mol. The van der Waals surface area contributed by atoms with E-state index in [-0.39, 0.29) is 6.61 Å². The molecule has 1 unspecified atom stereocenters. The number of carbonyl (C=O) groups excluding carboxylic acids is 7. The maximum atomic E-state index is 12.8. The Morgan fingerprint density at radius 3 is 1.35 bits per heavy atom. The molecule has 2 heterocycles. The van der Waals surface area contributed by atoms with E-state index in [0.717, 1.165) is 45.8 Å². The summed E-state index contributed by atoms with van der Waals surface area (Å²) in [5, 5.41) is 0. The first-order valence-electron chi connectivity index (χ1n) is 25.6. The minimum atomic E-state index is -2.00. The fourth-order valence-electron chi connectivity index (χ4n) is 7.54. The van der Waals surface area contributed by atoms with Gasteiger partial charge in [-0.3, -0.25) is 33.6 Å². The van der Waals surface area contributed by atoms with Crippen molar-refractivity contribution < 1.29 is 91.2 Å². The van der Waals surface area contributed by atoms with E-state index in [9.17, 15) is 33.6 Å². The minimum absolute atomic E-state index is 0.0850. The third-order valence-electron chi connectivity index (χ3n) is 10.4. The molecule has 0 aliphatic carbocycles. The van der Waals surface area contributed by atoms with Crippen molar-refractivity contribution in [3.63, 3.8) is 0 Å². The van der Waals surface area contributed by atoms with Gasteiger partial charge in [0.1, 0.15) is 31.5 Å². The Morgan fingerprint density at radius 2 is 0.846 bits per heavy atom. The van der Waals surface area contributed by atoms with Crippen molar-refractivity contribution in [3.05, 3.63) is 0 Å². The molecule has 2 rings (SSSR count). The highest BCUT2D eigenvalue weighted by Crippen LogP contribution is 2.36. The molecule has 2 aliphatic heterocycles. The van der Waals surface area contributed by atoms with E-state index in [2.05, 4.69) is 6.92 Å². The van der Waals surface area contributed by atoms with Crippen molar-refractivity contribution in [2.45, 2.75) is 219 Å². The molecule has 0 aromatic carbocycles. The van der Waals surface area contributed by atoms with E-state index < -0.39 is 144 Å². The van der Waals surface area contributed by atoms with Crippen LogP contribution in [0, 0.1) is 0 Å². The molecule has 0 radical (unpaired) electrons. The van der Waals surface area contributed by atoms with Crippen molar-refractivity contribution in [1.82, 2.24) is 0 Å². The van der Waals surface area contributed by atoms with Crippen LogP contribution in [0.15, 0.2) is 0 Å². The number of unbranched alkanes of at least 4 members (excludes halogenated alkanes) is 15. The Morgan fingerprint density at radius 1 is 0.446 bits per heavy atom. The number of ether oxygens (including phenoxy) is 11. The molecule has 10 atom stereocenters. The molecular formula is C46H76O18S. The summed E-state index contributed by atoms with van der Waals surface area (Å²) in [4.78, 5) is 87.6. The lowest BCUT2D eigenvalue weighted by Gasteiger charge is -2.48. The zero-order valence-corrected chi connectivity index (χ0v) is 39.5. The van der Waals surface area contributed by atoms with E-state index in [4.69, 9.17) is 57.6 Å². The van der Waals surface area contributed by atoms with Crippen LogP contribution in [0.3, 0.4) is 0 Å². The molecule has 374 valence electrons. The smallest absolute Gasteiger partial charge is 0.303 e. The third kappa shape index (κ3) is 24.2. The van der Waals surface area contributed by atoms with Crippen LogP contribution in [0.5, 0.6) is 0 Å². The first kappa shape index (κ1) is 50.9. The van der Waals surface area contributed by atoms with E-state index in [0.29, 0.717) is 5.75 Å². The Balaban J connectivity index is 2.24. The maximum Gasteiger partial charge on any atom is 0.303 e. The SMILES string of the molecule is [2H]CC(=O)OC[C@H]1OC(O[C@@H]2[C@H](OC(C)=O)[C@@H](OC(C)=O)[C@H](OCCSCCCCCCCCCCCCCCCCCC)O[C@@H]2COC(C)=O)[C@H](OC(=O)C[2H])[C@@H](OC(=O)C[2H])[C@H]1OC(=O)C[2H]. The number of rotatable bonds is 32. The van der Waals surface area contributed by atoms with Crippen LogP contribution in [0.1, 0.15) is 164 Å². The van der Waals surface area contributed by atoms with Gasteiger partial charge in [0.2, 0.25) is 0 Å². The van der Waals surface area contributed by atoms with Gasteiger partial charge in [-0.25, -0.2) is 0 Å². The molecule has 2 saturated heterocycles. The average Bonchev–Trinajstić information content (AvgIpc) is 3.32. The van der Waals surface area contributed by atoms with Gasteiger partial charge in [-0.15, -0.1) is 0 Å². The summed E-state index contributed by atoms with van der Waals surface area (Å²) < 4.78 is 92.8. The number of hydrogen-bond acceptors (Lipinski definition) is 19. The normalized spacial score (nSPS) is 26.0. The molecule has 0 bridgehead atoms. The molecule has 2 aliphatic rings. The number of hydrogen-bond donors (Lipinski definition) is 0. The Labute approximate surface area is 394 Å². The molecule has 65 heavy (non-hydrogen) atoms. The van der Waals surface area contributed by atoms with Gasteiger partial charge in [0.15, 0.2) is 43.1 Å². The molecule has 0 spiro atoms. The summed E-state index contributed by atoms with van der Waals surface area (Å²) in [5.41, 5.74) is 0. The molecule has 0 N–H and O–H groups in total. The highest BCUT2D eigenvalue weighted by Gasteiger charge is 2.57. The third-order valence-corrected chi connectivity index (χ3v) is 11.4. The topological polar surface area (TPSA) is 221 Å². The molecular weight excluding hydrogens is 873 g/mol. The molecule has 2 fully saturated rings. The fraction of sp³-hybridized carbons (Fsp3) is 0.848. The highest BCUT2D eigenvalue weighted by atomic mass is 32.2. The summed E-state index contributed by atoms with van der Waals surface area (Å²) in [6.45, 7) is 0.422. The van der Waals surface area contributed by atoms with Gasteiger partial charge in [0.25, 0.3) is 0 Å². The molecule has 0 aromatic heterocycles. The fourth-order valence-corrected chi connectivity index (χ4v) is 8.37. The highest BCUT2D eigenvalue weighted by molar-refractivity contribution is 7.99. The maximum absolute atomic E-state index is 12.8. The van der Waals surface area contributed by atoms with Crippen LogP contribution in [0.2, 0.25) is 0 Å². The van der Waals surface area contributed by atoms with Crippen molar-refractivity contribution in [1.29, 1.82) is 0 Å². The van der Waals surface area contributed by atoms with Crippen LogP contribution >= 0.6 is 11.8 Å². The van der Waals surface area contributed by atoms with E-state index in [1.54, 1.807) is 11.8 Å². The molecule has 18 nitrogen and oxygen atoms in total. The second kappa shape index (κ2) is 33.0. The van der Waals surface area contributed by atoms with Gasteiger partial charge < -0.3 is 52.1 Å². The molecule has 0 amide bonds. The van der Waals surface area contributed by atoms with Gasteiger partial charge in [-0.1, -0.05) is 103 Å². The summed E-state index contributed by atoms with van der Waals surface area (Å²) in [7, 11) is 0. The van der Waals surface area contributed by atoms with E-state index in [1.807, 2.05) is 0 Å². The number of carbonyl (C=O) groups is 7. The van der Waals surface area contributed by atoms with Crippen LogP contribution in [-0.4, -0.2) is 135 Å². The first-order chi connectivity index (χ1) is 33.2. The van der Waals surface area contributed by atoms with Gasteiger partial charge in [-0.2, -0.15) is 11.8 Å². The zero-order chi connectivity index (χ0) is 51.0. The first-order valence-corrected chi connectivity index (χ1v) is 23.9. The largest absolute Gasteiger partial charge is 0.463 e. The Bertz CT molecular complexity index is 1530. The Kier molecular flexibility index (Phi) is 25.9. The predicted octanol–water partition coefficient (Wildman–Crippen LogP) is 6.62. The lowest BCUT2D eigenvalue weighted by Crippen LogP contribution is -2.67. The molecule has 0 saturated carbocycles. The number of esters is 7. The van der Waals surface area contributed by atoms with Gasteiger partial charge >= 0.3 is 41.8 Å². The lowest BCUT2D eigenvalue weighted by atomic mass is 9.96. The predicted molar refractivity (Wildman–Crippen MR) is 236 cm³/mol. The minimum Gasteiger partial charge on any atom is -0.463 e. The second-order valence-electron chi connectivity index (χ2n) is 16.0. The summed E-state index contributed by atoms with van der Waals surface area (Å²) >= 11 is 1.65. The van der Waals surface area contributed by atoms with Crippen LogP contribution in [0.25, 0.3) is 0 Å². The van der Waals surface area contributed by atoms with Gasteiger partial charge in [-0.05, 0) is 12.2 Å². The van der Waals surface area contributed by atoms with Crippen molar-refractivity contribution in [3.8, 4) is 0 Å². The van der Waals surface area contributed by atoms with Crippen molar-refractivity contribution >= 4 is 53.5 Å². The van der Waals surface area contributed by atoms with E-state index in [1.165, 1.54) is 83.5 Å². The molecule has 19 heteroatoms. The number of thioether (sulfide) groups is 1. The Hall–Kier alpha value is -3.52. The van der Waals surface area contributed by atoms with Crippen LogP contribution in [-0.2, 0) is 85.7 Å². The zero-order valence-electron chi connectivity index (χ0n) is 42.7. The van der Waals surface area contributed by atoms with Gasteiger partial charge in [0, 0.05) is 59.6 Å². The standard InChI is InChI=1S/C46H76O18S/c1-9-10-11-12-13-14-15-16-17-18-19-20-21-22-23-24-26-65-27-25-54-45-43(60-35(7)52)42(59-34(6)51)40(38(62-45)29-56-31(3)48)64-46-44(61-36(8)53)41(58-33(5)50)39(57-32(4)49)37(63-46)28-55-30(2)47/h37-46H,9-29H2,1-8H3/t37-,38-,39+,40+,41+,42+,43-,44-,45-,46?/m1/s1/i2D,4D,5D,8D. The van der Waals surface area contributed by atoms with Crippen molar-refractivity contribution in [2.24, 2.45) is 0 Å². The second-order valence-corrected chi connectivity index (χ2v) is 17.2. The van der Waals surface area contributed by atoms with Crippen molar-refractivity contribution in [2.75, 3.05) is 31.3 Å². The monoisotopic (exact) mass is 953 g/mol. The summed E-state index contributed by atoms with van der Waals surface area (Å²) in [6, 6.07) is 0. The summed E-state index contributed by atoms with van der Waals surface area (Å²) in [5.74, 6) is -5.85. The van der Waals surface area contributed by atoms with E-state index >= 15 is 0 Å².